The molecule has 0 fully saturated rings. The molecule has 17 heavy (non-hydrogen) atoms. The van der Waals surface area contributed by atoms with Crippen molar-refractivity contribution in [1.82, 2.24) is 0 Å². The van der Waals surface area contributed by atoms with Crippen LogP contribution in [-0.2, 0) is 0 Å². The van der Waals surface area contributed by atoms with Gasteiger partial charge in [0.15, 0.2) is 0 Å². The number of aryl methyl sites for hydroxylation is 1. The Hall–Kier alpha value is -1.56. The zero-order valence-corrected chi connectivity index (χ0v) is 11.6. The second kappa shape index (κ2) is 5.67. The van der Waals surface area contributed by atoms with Crippen molar-refractivity contribution in [2.45, 2.75) is 34.6 Å². The summed E-state index contributed by atoms with van der Waals surface area (Å²) in [4.78, 5) is 0. The van der Waals surface area contributed by atoms with Crippen LogP contribution in [0.2, 0.25) is 0 Å². The normalized spacial score (nSPS) is 10.6. The molecule has 0 radical (unpaired) electrons. The Morgan fingerprint density at radius 2 is 1.76 bits per heavy atom. The van der Waals surface area contributed by atoms with Gasteiger partial charge in [-0.3, -0.25) is 0 Å². The minimum absolute atomic E-state index is 1.20. The molecule has 0 amide bonds. The maximum Gasteiger partial charge on any atom is -0.0181 e. The second-order valence-corrected chi connectivity index (χ2v) is 4.63. The van der Waals surface area contributed by atoms with Gasteiger partial charge in [-0.2, -0.15) is 0 Å². The molecule has 0 bridgehead atoms. The van der Waals surface area contributed by atoms with Crippen LogP contribution in [0.15, 0.2) is 30.4 Å². The van der Waals surface area contributed by atoms with Crippen LogP contribution in [0.25, 0.3) is 17.7 Å². The lowest BCUT2D eigenvalue weighted by atomic mass is 9.93. The van der Waals surface area contributed by atoms with E-state index in [0.29, 0.717) is 0 Å². The van der Waals surface area contributed by atoms with E-state index in [0.717, 1.165) is 0 Å². The highest BCUT2D eigenvalue weighted by atomic mass is 14.1. The van der Waals surface area contributed by atoms with Crippen LogP contribution in [0.3, 0.4) is 0 Å². The van der Waals surface area contributed by atoms with Crippen molar-refractivity contribution in [2.75, 3.05) is 0 Å². The molecule has 0 spiro atoms. The molecule has 0 aromatic heterocycles. The van der Waals surface area contributed by atoms with Crippen molar-refractivity contribution in [3.8, 4) is 0 Å². The van der Waals surface area contributed by atoms with E-state index >= 15 is 0 Å². The highest BCUT2D eigenvalue weighted by molar-refractivity contribution is 5.75. The first kappa shape index (κ1) is 13.5. The maximum atomic E-state index is 3.88. The Balaban J connectivity index is 3.50. The van der Waals surface area contributed by atoms with Gasteiger partial charge in [-0.15, -0.1) is 0 Å². The summed E-state index contributed by atoms with van der Waals surface area (Å²) in [6, 6.07) is 4.47. The lowest BCUT2D eigenvalue weighted by Gasteiger charge is -2.12. The summed E-state index contributed by atoms with van der Waals surface area (Å²) in [5.41, 5.74) is 7.82. The van der Waals surface area contributed by atoms with Gasteiger partial charge in [0, 0.05) is 0 Å². The number of benzene rings is 1. The van der Waals surface area contributed by atoms with Crippen LogP contribution in [0.1, 0.15) is 49.9 Å². The topological polar surface area (TPSA) is 0 Å². The number of allylic oxidation sites excluding steroid dienone is 3. The van der Waals surface area contributed by atoms with Crippen LogP contribution < -0.4 is 0 Å². The molecule has 0 saturated heterocycles. The average Bonchev–Trinajstić information content (AvgIpc) is 2.30. The number of hydrogen-bond donors (Lipinski definition) is 0. The van der Waals surface area contributed by atoms with Crippen molar-refractivity contribution in [2.24, 2.45) is 0 Å². The molecule has 0 aliphatic heterocycles. The summed E-state index contributed by atoms with van der Waals surface area (Å²) in [7, 11) is 0. The summed E-state index contributed by atoms with van der Waals surface area (Å²) >= 11 is 0. The predicted octanol–water partition coefficient (Wildman–Crippen LogP) is 5.48. The van der Waals surface area contributed by atoms with Crippen molar-refractivity contribution >= 4 is 17.7 Å². The summed E-state index contributed by atoms with van der Waals surface area (Å²) < 4.78 is 0. The first-order chi connectivity index (χ1) is 8.01. The Labute approximate surface area is 105 Å². The van der Waals surface area contributed by atoms with Crippen LogP contribution >= 0.6 is 0 Å². The third-order valence-corrected chi connectivity index (χ3v) is 3.15. The molecule has 90 valence electrons. The fourth-order valence-electron chi connectivity index (χ4n) is 1.92. The SMILES string of the molecule is C=Cc1cc(C)c(C(C)=C(C)C)cc1/C=C\C. The molecule has 0 unspecified atom stereocenters. The fraction of sp³-hybridized carbons (Fsp3) is 0.294. The summed E-state index contributed by atoms with van der Waals surface area (Å²) in [6.07, 6.45) is 6.13. The molecule has 0 atom stereocenters. The van der Waals surface area contributed by atoms with Gasteiger partial charge in [-0.1, -0.05) is 36.4 Å². The molecule has 0 aliphatic carbocycles. The highest BCUT2D eigenvalue weighted by Gasteiger charge is 2.06. The fourth-order valence-corrected chi connectivity index (χ4v) is 1.92. The van der Waals surface area contributed by atoms with Gasteiger partial charge in [-0.25, -0.2) is 0 Å². The standard InChI is InChI=1S/C17H22/c1-7-9-16-11-17(14(6)12(3)4)13(5)10-15(16)8-2/h7-11H,2H2,1,3-6H3/b9-7-. The van der Waals surface area contributed by atoms with Crippen molar-refractivity contribution in [3.63, 3.8) is 0 Å². The van der Waals surface area contributed by atoms with Crippen molar-refractivity contribution in [3.05, 3.63) is 52.6 Å². The molecule has 0 aliphatic rings. The Bertz CT molecular complexity index is 481. The van der Waals surface area contributed by atoms with Crippen LogP contribution in [0.5, 0.6) is 0 Å². The van der Waals surface area contributed by atoms with Crippen LogP contribution in [-0.4, -0.2) is 0 Å². The smallest absolute Gasteiger partial charge is 0.0181 e. The molecule has 0 heteroatoms. The zero-order valence-electron chi connectivity index (χ0n) is 11.6. The van der Waals surface area contributed by atoms with Gasteiger partial charge >= 0.3 is 0 Å². The largest absolute Gasteiger partial charge is 0.0984 e. The highest BCUT2D eigenvalue weighted by Crippen LogP contribution is 2.26. The molecule has 1 aromatic carbocycles. The second-order valence-electron chi connectivity index (χ2n) is 4.63. The predicted molar refractivity (Wildman–Crippen MR) is 79.9 cm³/mol. The van der Waals surface area contributed by atoms with Gasteiger partial charge < -0.3 is 0 Å². The monoisotopic (exact) mass is 226 g/mol. The first-order valence-corrected chi connectivity index (χ1v) is 6.05. The minimum atomic E-state index is 1.20. The average molecular weight is 226 g/mol. The van der Waals surface area contributed by atoms with Gasteiger partial charge in [0.1, 0.15) is 0 Å². The summed E-state index contributed by atoms with van der Waals surface area (Å²) in [5.74, 6) is 0. The van der Waals surface area contributed by atoms with Gasteiger partial charge in [0.25, 0.3) is 0 Å². The van der Waals surface area contributed by atoms with Gasteiger partial charge in [0.2, 0.25) is 0 Å². The molecule has 0 N–H and O–H groups in total. The molecule has 1 aromatic rings. The molecule has 1 rings (SSSR count). The van der Waals surface area contributed by atoms with E-state index in [1.807, 2.05) is 13.0 Å². The van der Waals surface area contributed by atoms with E-state index in [2.05, 4.69) is 58.6 Å². The van der Waals surface area contributed by atoms with Crippen LogP contribution in [0, 0.1) is 6.92 Å². The van der Waals surface area contributed by atoms with E-state index in [-0.39, 0.29) is 0 Å². The summed E-state index contributed by atoms with van der Waals surface area (Å²) in [6.45, 7) is 14.6. The Morgan fingerprint density at radius 3 is 2.24 bits per heavy atom. The van der Waals surface area contributed by atoms with E-state index in [1.54, 1.807) is 0 Å². The van der Waals surface area contributed by atoms with Crippen LogP contribution in [0.4, 0.5) is 0 Å². The molecule has 0 heterocycles. The third kappa shape index (κ3) is 2.97. The summed E-state index contributed by atoms with van der Waals surface area (Å²) in [5, 5.41) is 0. The molecular weight excluding hydrogens is 204 g/mol. The molecule has 0 nitrogen and oxygen atoms in total. The number of rotatable bonds is 3. The van der Waals surface area contributed by atoms with Crippen molar-refractivity contribution < 1.29 is 0 Å². The van der Waals surface area contributed by atoms with E-state index in [1.165, 1.54) is 33.4 Å². The van der Waals surface area contributed by atoms with E-state index < -0.39 is 0 Å². The van der Waals surface area contributed by atoms with E-state index in [9.17, 15) is 0 Å². The van der Waals surface area contributed by atoms with E-state index in [4.69, 9.17) is 0 Å². The van der Waals surface area contributed by atoms with Crippen molar-refractivity contribution in [1.29, 1.82) is 0 Å². The third-order valence-electron chi connectivity index (χ3n) is 3.15. The van der Waals surface area contributed by atoms with Gasteiger partial charge in [0.05, 0.1) is 0 Å². The quantitative estimate of drug-likeness (QED) is 0.639. The number of hydrogen-bond acceptors (Lipinski definition) is 0. The zero-order chi connectivity index (χ0) is 13.0. The lowest BCUT2D eigenvalue weighted by Crippen LogP contribution is -1.92. The minimum Gasteiger partial charge on any atom is -0.0984 e. The molecular formula is C17H22. The lowest BCUT2D eigenvalue weighted by molar-refractivity contribution is 1.32. The Morgan fingerprint density at radius 1 is 1.12 bits per heavy atom. The first-order valence-electron chi connectivity index (χ1n) is 6.05. The molecule has 0 saturated carbocycles. The Kier molecular flexibility index (Phi) is 4.51. The van der Waals surface area contributed by atoms with Gasteiger partial charge in [-0.05, 0) is 68.5 Å². The maximum absolute atomic E-state index is 3.88.